The van der Waals surface area contributed by atoms with Crippen molar-refractivity contribution in [2.24, 2.45) is 0 Å². The molecule has 0 aliphatic carbocycles. The Kier molecular flexibility index (Phi) is 4.19. The number of carboxylic acids is 1. The number of hydrogen-bond donors (Lipinski definition) is 6. The largest absolute Gasteiger partial charge is 0.479 e. The summed E-state index contributed by atoms with van der Waals surface area (Å²) in [5.74, 6) is -1.62. The van der Waals surface area contributed by atoms with E-state index in [-0.39, 0.29) is 0 Å². The molecule has 1 rings (SSSR count). The third kappa shape index (κ3) is 2.32. The first-order chi connectivity index (χ1) is 7.40. The van der Waals surface area contributed by atoms with Gasteiger partial charge in [0.05, 0.1) is 6.61 Å². The van der Waals surface area contributed by atoms with Gasteiger partial charge in [-0.05, 0) is 0 Å². The van der Waals surface area contributed by atoms with Crippen molar-refractivity contribution in [3.05, 3.63) is 0 Å². The summed E-state index contributed by atoms with van der Waals surface area (Å²) >= 11 is 0. The van der Waals surface area contributed by atoms with E-state index in [0.717, 1.165) is 0 Å². The zero-order chi connectivity index (χ0) is 12.5. The highest BCUT2D eigenvalue weighted by Crippen LogP contribution is 2.26. The van der Waals surface area contributed by atoms with Crippen LogP contribution in [-0.2, 0) is 9.53 Å². The zero-order valence-corrected chi connectivity index (χ0v) is 8.17. The maximum Gasteiger partial charge on any atom is 0.335 e. The molecule has 1 heterocycles. The van der Waals surface area contributed by atoms with Gasteiger partial charge in [0.25, 0.3) is 0 Å². The average Bonchev–Trinajstić information content (AvgIpc) is 2.54. The van der Waals surface area contributed by atoms with E-state index in [2.05, 4.69) is 0 Å². The van der Waals surface area contributed by atoms with Crippen LogP contribution in [0.3, 0.4) is 0 Å². The van der Waals surface area contributed by atoms with Crippen molar-refractivity contribution >= 4 is 5.97 Å². The van der Waals surface area contributed by atoms with Gasteiger partial charge in [0.1, 0.15) is 30.5 Å². The molecular formula is C8H14O8. The van der Waals surface area contributed by atoms with E-state index in [4.69, 9.17) is 20.1 Å². The molecular weight excluding hydrogens is 224 g/mol. The number of ether oxygens (including phenoxy) is 1. The molecule has 8 heteroatoms. The molecule has 0 aromatic heterocycles. The second-order valence-corrected chi connectivity index (χ2v) is 3.58. The van der Waals surface area contributed by atoms with Crippen LogP contribution in [0, 0.1) is 0 Å². The van der Waals surface area contributed by atoms with Gasteiger partial charge < -0.3 is 35.4 Å². The highest BCUT2D eigenvalue weighted by molar-refractivity contribution is 5.73. The summed E-state index contributed by atoms with van der Waals surface area (Å²) < 4.78 is 4.82. The molecule has 8 nitrogen and oxygen atoms in total. The van der Waals surface area contributed by atoms with Crippen LogP contribution >= 0.6 is 0 Å². The van der Waals surface area contributed by atoms with Crippen LogP contribution in [0.15, 0.2) is 0 Å². The minimum absolute atomic E-state index is 0.718. The number of aliphatic hydroxyl groups is 5. The fraction of sp³-hybridized carbons (Fsp3) is 0.875. The smallest absolute Gasteiger partial charge is 0.335 e. The molecule has 2 unspecified atom stereocenters. The highest BCUT2D eigenvalue weighted by atomic mass is 16.6. The summed E-state index contributed by atoms with van der Waals surface area (Å²) in [4.78, 5) is 10.4. The quantitative estimate of drug-likeness (QED) is 0.293. The van der Waals surface area contributed by atoms with Crippen LogP contribution in [-0.4, -0.2) is 79.8 Å². The molecule has 6 atom stereocenters. The number of hydrogen-bond acceptors (Lipinski definition) is 7. The molecule has 0 spiro atoms. The SMILES string of the molecule is O=C(O)C(O)C1O[C@H]([C@H](O)CO)[C@H](O)[C@H]1O. The normalized spacial score (nSPS) is 38.3. The van der Waals surface area contributed by atoms with Crippen molar-refractivity contribution in [1.82, 2.24) is 0 Å². The molecule has 1 fully saturated rings. The number of carboxylic acid groups (broad SMARTS) is 1. The zero-order valence-electron chi connectivity index (χ0n) is 8.17. The lowest BCUT2D eigenvalue weighted by Crippen LogP contribution is -2.43. The van der Waals surface area contributed by atoms with Gasteiger partial charge in [-0.15, -0.1) is 0 Å². The summed E-state index contributed by atoms with van der Waals surface area (Å²) in [5.41, 5.74) is 0. The third-order valence-corrected chi connectivity index (χ3v) is 2.47. The molecule has 1 aliphatic heterocycles. The van der Waals surface area contributed by atoms with Gasteiger partial charge in [-0.3, -0.25) is 0 Å². The Hall–Kier alpha value is -0.770. The Morgan fingerprint density at radius 2 is 1.69 bits per heavy atom. The molecule has 94 valence electrons. The van der Waals surface area contributed by atoms with Crippen LogP contribution in [0.1, 0.15) is 0 Å². The number of rotatable bonds is 4. The predicted octanol–water partition coefficient (Wildman–Crippen LogP) is -3.73. The van der Waals surface area contributed by atoms with E-state index in [1.807, 2.05) is 0 Å². The van der Waals surface area contributed by atoms with Crippen LogP contribution in [0.5, 0.6) is 0 Å². The molecule has 6 N–H and O–H groups in total. The van der Waals surface area contributed by atoms with Crippen LogP contribution in [0.4, 0.5) is 0 Å². The topological polar surface area (TPSA) is 148 Å². The van der Waals surface area contributed by atoms with E-state index < -0.39 is 49.2 Å². The van der Waals surface area contributed by atoms with E-state index in [0.29, 0.717) is 0 Å². The Balaban J connectivity index is 2.75. The minimum Gasteiger partial charge on any atom is -0.479 e. The summed E-state index contributed by atoms with van der Waals surface area (Å²) in [5, 5.41) is 54.3. The molecule has 0 saturated carbocycles. The van der Waals surface area contributed by atoms with Gasteiger partial charge in [0, 0.05) is 0 Å². The van der Waals surface area contributed by atoms with E-state index in [1.165, 1.54) is 0 Å². The molecule has 0 bridgehead atoms. The summed E-state index contributed by atoms with van der Waals surface area (Å²) in [6.07, 6.45) is -9.56. The maximum absolute atomic E-state index is 10.4. The lowest BCUT2D eigenvalue weighted by atomic mass is 10.0. The van der Waals surface area contributed by atoms with Crippen molar-refractivity contribution in [1.29, 1.82) is 0 Å². The maximum atomic E-state index is 10.4. The summed E-state index contributed by atoms with van der Waals surface area (Å²) in [7, 11) is 0. The van der Waals surface area contributed by atoms with E-state index in [9.17, 15) is 20.1 Å². The van der Waals surface area contributed by atoms with Crippen molar-refractivity contribution in [3.8, 4) is 0 Å². The fourth-order valence-corrected chi connectivity index (χ4v) is 1.56. The molecule has 1 saturated heterocycles. The van der Waals surface area contributed by atoms with Gasteiger partial charge in [0.2, 0.25) is 0 Å². The molecule has 1 aliphatic rings. The van der Waals surface area contributed by atoms with Gasteiger partial charge in [-0.25, -0.2) is 4.79 Å². The first-order valence-corrected chi connectivity index (χ1v) is 4.61. The van der Waals surface area contributed by atoms with Crippen LogP contribution < -0.4 is 0 Å². The Morgan fingerprint density at radius 1 is 1.19 bits per heavy atom. The fourth-order valence-electron chi connectivity index (χ4n) is 1.56. The molecule has 0 amide bonds. The molecule has 16 heavy (non-hydrogen) atoms. The number of aliphatic carboxylic acids is 1. The lowest BCUT2D eigenvalue weighted by Gasteiger charge is -2.19. The van der Waals surface area contributed by atoms with Crippen molar-refractivity contribution in [2.45, 2.75) is 36.6 Å². The first-order valence-electron chi connectivity index (χ1n) is 4.61. The molecule has 0 aromatic rings. The Morgan fingerprint density at radius 3 is 2.12 bits per heavy atom. The Bertz CT molecular complexity index is 256. The van der Waals surface area contributed by atoms with Gasteiger partial charge in [0.15, 0.2) is 6.10 Å². The first kappa shape index (κ1) is 13.3. The minimum atomic E-state index is -2.01. The summed E-state index contributed by atoms with van der Waals surface area (Å²) in [6, 6.07) is 0. The van der Waals surface area contributed by atoms with Crippen LogP contribution in [0.2, 0.25) is 0 Å². The standard InChI is InChI=1S/C8H14O8/c9-1-2(10)6-3(11)4(12)7(16-6)5(13)8(14)15/h2-7,9-13H,1H2,(H,14,15)/t2-,3-,4-,5?,6-,7?/m1/s1. The lowest BCUT2D eigenvalue weighted by molar-refractivity contribution is -0.161. The summed E-state index contributed by atoms with van der Waals surface area (Å²) in [6.45, 7) is -0.718. The second-order valence-electron chi connectivity index (χ2n) is 3.58. The second kappa shape index (κ2) is 5.04. The van der Waals surface area contributed by atoms with E-state index in [1.54, 1.807) is 0 Å². The Labute approximate surface area is 90.3 Å². The van der Waals surface area contributed by atoms with Crippen molar-refractivity contribution in [3.63, 3.8) is 0 Å². The molecule has 0 radical (unpaired) electrons. The van der Waals surface area contributed by atoms with Crippen molar-refractivity contribution in [2.75, 3.05) is 6.61 Å². The van der Waals surface area contributed by atoms with Gasteiger partial charge in [-0.2, -0.15) is 0 Å². The number of carbonyl (C=O) groups is 1. The monoisotopic (exact) mass is 238 g/mol. The molecule has 0 aromatic carbocycles. The predicted molar refractivity (Wildman–Crippen MR) is 47.4 cm³/mol. The van der Waals surface area contributed by atoms with Gasteiger partial charge in [-0.1, -0.05) is 0 Å². The van der Waals surface area contributed by atoms with Gasteiger partial charge >= 0.3 is 5.97 Å². The van der Waals surface area contributed by atoms with Crippen LogP contribution in [0.25, 0.3) is 0 Å². The average molecular weight is 238 g/mol. The van der Waals surface area contributed by atoms with Crippen molar-refractivity contribution < 1.29 is 40.2 Å². The third-order valence-electron chi connectivity index (χ3n) is 2.47. The highest BCUT2D eigenvalue weighted by Gasteiger charge is 2.50. The van der Waals surface area contributed by atoms with E-state index >= 15 is 0 Å². The number of aliphatic hydroxyl groups excluding tert-OH is 5.